The lowest BCUT2D eigenvalue weighted by atomic mass is 10.1. The first kappa shape index (κ1) is 14.6. The van der Waals surface area contributed by atoms with E-state index in [1.165, 1.54) is 5.56 Å². The molecule has 0 saturated carbocycles. The minimum atomic E-state index is -0.507. The van der Waals surface area contributed by atoms with Gasteiger partial charge in [0.05, 0.1) is 6.10 Å². The van der Waals surface area contributed by atoms with Crippen molar-refractivity contribution in [2.45, 2.75) is 31.9 Å². The zero-order chi connectivity index (χ0) is 14.2. The highest BCUT2D eigenvalue weighted by atomic mass is 16.3. The summed E-state index contributed by atoms with van der Waals surface area (Å²) in [6.45, 7) is 2.68. The number of pyridine rings is 2. The molecule has 2 rings (SSSR count). The number of aliphatic hydroxyl groups excluding tert-OH is 1. The van der Waals surface area contributed by atoms with E-state index in [1.54, 1.807) is 12.4 Å². The van der Waals surface area contributed by atoms with E-state index < -0.39 is 6.10 Å². The highest BCUT2D eigenvalue weighted by Crippen LogP contribution is 2.10. The molecule has 4 heteroatoms. The van der Waals surface area contributed by atoms with E-state index in [0.29, 0.717) is 12.6 Å². The Hall–Kier alpha value is -1.78. The molecule has 0 spiro atoms. The van der Waals surface area contributed by atoms with Crippen molar-refractivity contribution in [2.75, 3.05) is 6.54 Å². The second-order valence-electron chi connectivity index (χ2n) is 5.01. The summed E-state index contributed by atoms with van der Waals surface area (Å²) in [6.07, 6.45) is 8.59. The second-order valence-corrected chi connectivity index (χ2v) is 5.01. The molecule has 2 aromatic rings. The van der Waals surface area contributed by atoms with Crippen LogP contribution in [0.5, 0.6) is 0 Å². The number of hydrogen-bond acceptors (Lipinski definition) is 4. The fourth-order valence-electron chi connectivity index (χ4n) is 2.04. The predicted molar refractivity (Wildman–Crippen MR) is 79.2 cm³/mol. The molecule has 0 aromatic carbocycles. The van der Waals surface area contributed by atoms with Gasteiger partial charge in [0.25, 0.3) is 0 Å². The Labute approximate surface area is 119 Å². The lowest BCUT2D eigenvalue weighted by Gasteiger charge is -2.17. The standard InChI is InChI=1S/C16H21N3O/c1-13(4-5-14-6-9-17-10-7-14)19-12-16(20)15-3-2-8-18-11-15/h2-3,6-11,13,16,19-20H,4-5,12H2,1H3. The molecule has 106 valence electrons. The molecule has 20 heavy (non-hydrogen) atoms. The maximum atomic E-state index is 10.0. The molecule has 2 atom stereocenters. The molecule has 0 aliphatic rings. The van der Waals surface area contributed by atoms with Crippen LogP contribution in [0.2, 0.25) is 0 Å². The van der Waals surface area contributed by atoms with Crippen molar-refractivity contribution >= 4 is 0 Å². The van der Waals surface area contributed by atoms with Crippen LogP contribution >= 0.6 is 0 Å². The van der Waals surface area contributed by atoms with E-state index >= 15 is 0 Å². The van der Waals surface area contributed by atoms with E-state index in [0.717, 1.165) is 18.4 Å². The number of aryl methyl sites for hydroxylation is 1. The van der Waals surface area contributed by atoms with E-state index in [-0.39, 0.29) is 0 Å². The number of aromatic nitrogens is 2. The van der Waals surface area contributed by atoms with Crippen LogP contribution in [0.3, 0.4) is 0 Å². The summed E-state index contributed by atoms with van der Waals surface area (Å²) < 4.78 is 0. The molecule has 4 nitrogen and oxygen atoms in total. The van der Waals surface area contributed by atoms with Gasteiger partial charge in [0.15, 0.2) is 0 Å². The number of nitrogens with one attached hydrogen (secondary N) is 1. The first-order valence-corrected chi connectivity index (χ1v) is 6.96. The summed E-state index contributed by atoms with van der Waals surface area (Å²) in [7, 11) is 0. The second kappa shape index (κ2) is 7.72. The van der Waals surface area contributed by atoms with Gasteiger partial charge in [0.1, 0.15) is 0 Å². The topological polar surface area (TPSA) is 58.0 Å². The first-order chi connectivity index (χ1) is 9.75. The van der Waals surface area contributed by atoms with Crippen molar-refractivity contribution in [3.8, 4) is 0 Å². The monoisotopic (exact) mass is 271 g/mol. The molecule has 0 fully saturated rings. The average molecular weight is 271 g/mol. The lowest BCUT2D eigenvalue weighted by molar-refractivity contribution is 0.169. The van der Waals surface area contributed by atoms with Crippen molar-refractivity contribution in [3.05, 3.63) is 60.2 Å². The van der Waals surface area contributed by atoms with E-state index in [9.17, 15) is 5.11 Å². The summed E-state index contributed by atoms with van der Waals surface area (Å²) in [5.41, 5.74) is 2.14. The van der Waals surface area contributed by atoms with Crippen LogP contribution in [0, 0.1) is 0 Å². The van der Waals surface area contributed by atoms with Gasteiger partial charge >= 0.3 is 0 Å². The number of nitrogens with zero attached hydrogens (tertiary/aromatic N) is 2. The molecule has 2 unspecified atom stereocenters. The molecule has 0 radical (unpaired) electrons. The summed E-state index contributed by atoms with van der Waals surface area (Å²) >= 11 is 0. The molecule has 0 amide bonds. The van der Waals surface area contributed by atoms with Gasteiger partial charge in [-0.25, -0.2) is 0 Å². The van der Waals surface area contributed by atoms with Crippen molar-refractivity contribution in [3.63, 3.8) is 0 Å². The Balaban J connectivity index is 1.71. The maximum absolute atomic E-state index is 10.0. The van der Waals surface area contributed by atoms with Crippen LogP contribution in [0.25, 0.3) is 0 Å². The van der Waals surface area contributed by atoms with Gasteiger partial charge in [-0.2, -0.15) is 0 Å². The Morgan fingerprint density at radius 1 is 1.15 bits per heavy atom. The zero-order valence-electron chi connectivity index (χ0n) is 11.7. The van der Waals surface area contributed by atoms with Crippen LogP contribution < -0.4 is 5.32 Å². The van der Waals surface area contributed by atoms with Crippen LogP contribution in [-0.4, -0.2) is 27.7 Å². The Bertz CT molecular complexity index is 490. The minimum Gasteiger partial charge on any atom is -0.387 e. The lowest BCUT2D eigenvalue weighted by Crippen LogP contribution is -2.30. The van der Waals surface area contributed by atoms with Crippen LogP contribution in [0.15, 0.2) is 49.1 Å². The van der Waals surface area contributed by atoms with Gasteiger partial charge in [-0.3, -0.25) is 9.97 Å². The van der Waals surface area contributed by atoms with Crippen LogP contribution in [0.4, 0.5) is 0 Å². The van der Waals surface area contributed by atoms with Gasteiger partial charge in [0.2, 0.25) is 0 Å². The quantitative estimate of drug-likeness (QED) is 0.810. The van der Waals surface area contributed by atoms with Crippen molar-refractivity contribution < 1.29 is 5.11 Å². The van der Waals surface area contributed by atoms with Gasteiger partial charge in [0, 0.05) is 42.9 Å². The third-order valence-electron chi connectivity index (χ3n) is 3.34. The highest BCUT2D eigenvalue weighted by molar-refractivity contribution is 5.12. The molecule has 2 heterocycles. The minimum absolute atomic E-state index is 0.356. The van der Waals surface area contributed by atoms with Gasteiger partial charge in [-0.1, -0.05) is 6.07 Å². The summed E-state index contributed by atoms with van der Waals surface area (Å²) in [6, 6.07) is 8.16. The Morgan fingerprint density at radius 3 is 2.65 bits per heavy atom. The zero-order valence-corrected chi connectivity index (χ0v) is 11.7. The third kappa shape index (κ3) is 4.72. The normalized spacial score (nSPS) is 13.9. The summed E-state index contributed by atoms with van der Waals surface area (Å²) in [5.74, 6) is 0. The van der Waals surface area contributed by atoms with Gasteiger partial charge in [-0.15, -0.1) is 0 Å². The molecule has 0 bridgehead atoms. The number of rotatable bonds is 7. The molecule has 2 N–H and O–H groups in total. The van der Waals surface area contributed by atoms with Gasteiger partial charge < -0.3 is 10.4 Å². The smallest absolute Gasteiger partial charge is 0.0929 e. The first-order valence-electron chi connectivity index (χ1n) is 6.96. The summed E-state index contributed by atoms with van der Waals surface area (Å²) in [5, 5.41) is 13.4. The van der Waals surface area contributed by atoms with Crippen molar-refractivity contribution in [1.29, 1.82) is 0 Å². The molecular formula is C16H21N3O. The molecule has 2 aromatic heterocycles. The van der Waals surface area contributed by atoms with Crippen molar-refractivity contribution in [1.82, 2.24) is 15.3 Å². The third-order valence-corrected chi connectivity index (χ3v) is 3.34. The average Bonchev–Trinajstić information content (AvgIpc) is 2.52. The largest absolute Gasteiger partial charge is 0.387 e. The molecule has 0 aliphatic carbocycles. The highest BCUT2D eigenvalue weighted by Gasteiger charge is 2.09. The number of aliphatic hydroxyl groups is 1. The number of hydrogen-bond donors (Lipinski definition) is 2. The SMILES string of the molecule is CC(CCc1ccncc1)NCC(O)c1cccnc1. The fourth-order valence-corrected chi connectivity index (χ4v) is 2.04. The van der Waals surface area contributed by atoms with E-state index in [1.807, 2.05) is 36.7 Å². The Kier molecular flexibility index (Phi) is 5.65. The maximum Gasteiger partial charge on any atom is 0.0929 e. The van der Waals surface area contributed by atoms with E-state index in [2.05, 4.69) is 22.2 Å². The molecular weight excluding hydrogens is 250 g/mol. The van der Waals surface area contributed by atoms with Crippen LogP contribution in [0.1, 0.15) is 30.6 Å². The molecule has 0 saturated heterocycles. The Morgan fingerprint density at radius 2 is 1.95 bits per heavy atom. The fraction of sp³-hybridized carbons (Fsp3) is 0.375. The predicted octanol–water partition coefficient (Wildman–Crippen LogP) is 2.12. The van der Waals surface area contributed by atoms with Gasteiger partial charge in [-0.05, 0) is 43.5 Å². The van der Waals surface area contributed by atoms with Crippen molar-refractivity contribution in [2.24, 2.45) is 0 Å². The van der Waals surface area contributed by atoms with Crippen LogP contribution in [-0.2, 0) is 6.42 Å². The molecule has 0 aliphatic heterocycles. The summed E-state index contributed by atoms with van der Waals surface area (Å²) in [4.78, 5) is 8.03. The van der Waals surface area contributed by atoms with E-state index in [4.69, 9.17) is 0 Å².